The summed E-state index contributed by atoms with van der Waals surface area (Å²) < 4.78 is 5.47. The standard InChI is InChI=1S/C18H35NO2.2C18H35NO.C17H33NO2.C17H33NO.C17H34O.C16H29NOS/c1-16(2,3)11-9-8-10-14(17(4,5)6)15(20)19-12-18(7,21)13-19;2*1-14-12-19(13-14)16(20)15(18(5,6)7)10-8-9-11-17(2,3)4;1-16(2,3)10-8-7-9-14(17(4,5)6)15(20)18-11-13(19)12-18;1-16(2,3)11-8-7-10-14(17(4,5)6)15(19)18-12-9-13-18;1-15(2,3)11-9-8-10-14(16(4,5)6)17(7)12-18-13-17;1-15(2,3)10-8-7-9-12(16(4,5)6)13-11-19-14(18)17-13/h14,21H,8-13H2,1-7H3;2*14-15H,8-13H2,1-7H3;13-14,19H,7-12H2,1-6H3;14H,7-13H2,1-6H3;14H,8-13H2,1-7H3;11-12H,7-10H2,1-6H3,(H,17,18). The van der Waals surface area contributed by atoms with E-state index >= 15 is 0 Å². The van der Waals surface area contributed by atoms with Gasteiger partial charge < -0.3 is 44.4 Å². The van der Waals surface area contributed by atoms with Gasteiger partial charge in [0.1, 0.15) is 0 Å². The third kappa shape index (κ3) is 55.7. The fourth-order valence-corrected chi connectivity index (χ4v) is 21.2. The molecule has 16 heteroatoms. The zero-order valence-corrected chi connectivity index (χ0v) is 101. The minimum absolute atomic E-state index is 0.000637. The normalized spacial score (nSPS) is 18.7. The smallest absolute Gasteiger partial charge is 0.304 e. The van der Waals surface area contributed by atoms with Crippen molar-refractivity contribution >= 4 is 40.9 Å². The summed E-state index contributed by atoms with van der Waals surface area (Å²) in [5, 5.41) is 21.2. The van der Waals surface area contributed by atoms with Crippen molar-refractivity contribution in [3.8, 4) is 0 Å². The lowest BCUT2D eigenvalue weighted by Gasteiger charge is -2.50. The molecule has 5 amide bonds. The Hall–Kier alpha value is -3.34. The highest BCUT2D eigenvalue weighted by Gasteiger charge is 2.48. The molecular formula is C121H234N6O9S. The number of hydrogen-bond donors (Lipinski definition) is 3. The number of unbranched alkanes of at least 4 members (excludes halogenated alkanes) is 7. The maximum Gasteiger partial charge on any atom is 0.304 e. The van der Waals surface area contributed by atoms with Crippen LogP contribution in [-0.4, -0.2) is 160 Å². The van der Waals surface area contributed by atoms with Gasteiger partial charge in [-0.05, 0) is 197 Å². The molecule has 0 saturated carbocycles. The van der Waals surface area contributed by atoms with Gasteiger partial charge in [-0.1, -0.05) is 413 Å². The number of ether oxygens (including phenoxy) is 1. The highest BCUT2D eigenvalue weighted by Crippen LogP contribution is 2.49. The van der Waals surface area contributed by atoms with Gasteiger partial charge in [0, 0.05) is 104 Å². The first-order chi connectivity index (χ1) is 61.6. The quantitative estimate of drug-likeness (QED) is 0.0557. The van der Waals surface area contributed by atoms with E-state index in [0.29, 0.717) is 110 Å². The van der Waals surface area contributed by atoms with Crippen molar-refractivity contribution in [3.05, 3.63) is 20.7 Å². The number of nitrogens with one attached hydrogen (secondary N) is 1. The molecule has 7 heterocycles. The average molecular weight is 1950 g/mol. The van der Waals surface area contributed by atoms with Gasteiger partial charge in [0.15, 0.2) is 0 Å². The molecule has 6 fully saturated rings. The molecule has 6 saturated heterocycles. The summed E-state index contributed by atoms with van der Waals surface area (Å²) in [6.07, 6.45) is 34.3. The van der Waals surface area contributed by atoms with Crippen molar-refractivity contribution in [2.45, 2.75) is 522 Å². The maximum absolute atomic E-state index is 12.7. The number of aliphatic hydroxyl groups is 2. The van der Waals surface area contributed by atoms with E-state index in [-0.39, 0.29) is 84.9 Å². The Labute approximate surface area is 854 Å². The summed E-state index contributed by atoms with van der Waals surface area (Å²) in [6, 6.07) is 0. The van der Waals surface area contributed by atoms with Crippen LogP contribution in [-0.2, 0) is 28.7 Å². The van der Waals surface area contributed by atoms with Crippen LogP contribution in [0.2, 0.25) is 0 Å². The number of likely N-dealkylation sites (tertiary alicyclic amines) is 5. The second-order valence-corrected chi connectivity index (χ2v) is 62.1. The van der Waals surface area contributed by atoms with Gasteiger partial charge >= 0.3 is 4.87 Å². The summed E-state index contributed by atoms with van der Waals surface area (Å²) in [7, 11) is 0. The second-order valence-electron chi connectivity index (χ2n) is 61.3. The van der Waals surface area contributed by atoms with Gasteiger partial charge in [-0.15, -0.1) is 0 Å². The Balaban J connectivity index is 0.000000799. The van der Waals surface area contributed by atoms with Gasteiger partial charge in [0.05, 0.1) is 38.0 Å². The molecule has 0 aliphatic carbocycles. The Morgan fingerprint density at radius 2 is 0.591 bits per heavy atom. The fourth-order valence-electron chi connectivity index (χ4n) is 20.6. The number of thiazole rings is 1. The first-order valence-electron chi connectivity index (χ1n) is 55.7. The summed E-state index contributed by atoms with van der Waals surface area (Å²) in [4.78, 5) is 87.2. The lowest BCUT2D eigenvalue weighted by atomic mass is 9.62. The molecule has 0 radical (unpaired) electrons. The average Bonchev–Trinajstić information content (AvgIpc) is 0.847. The SMILES string of the molecule is CC(C)(C)CCCCC(C(=O)N1CC(C)(O)C1)C(C)(C)C.CC(C)(C)CCCCC(C(=O)N1CC(O)C1)C(C)(C)C.CC(C)(C)CCCCC(C(=O)N1CCC1)C(C)(C)C.CC(C)(C)CCCCC(C(C)(C)C)C1(C)COC1.CC(C)(C)CCCCC(c1csc(=O)[nH]1)C(C)(C)C.CC1CN(C(=O)C(CCCCC(C)(C)C)C(C)(C)C)C1.CC1CN(C(=O)C(CCCCC(C)(C)C)C(C)(C)C)C1. The lowest BCUT2D eigenvalue weighted by Crippen LogP contribution is -2.63. The molecule has 15 nitrogen and oxygen atoms in total. The van der Waals surface area contributed by atoms with Crippen molar-refractivity contribution in [2.24, 2.45) is 129 Å². The number of hydrogen-bond acceptors (Lipinski definition) is 10. The van der Waals surface area contributed by atoms with Gasteiger partial charge in [0.25, 0.3) is 0 Å². The number of H-pyrrole nitrogens is 1. The predicted molar refractivity (Wildman–Crippen MR) is 592 cm³/mol. The summed E-state index contributed by atoms with van der Waals surface area (Å²) in [5.74, 6) is 5.00. The van der Waals surface area contributed by atoms with E-state index in [1.807, 2.05) is 20.1 Å². The third-order valence-electron chi connectivity index (χ3n) is 29.6. The van der Waals surface area contributed by atoms with Crippen LogP contribution in [0.1, 0.15) is 516 Å². The zero-order valence-electron chi connectivity index (χ0n) is 99.7. The van der Waals surface area contributed by atoms with Crippen molar-refractivity contribution in [3.63, 3.8) is 0 Å². The van der Waals surface area contributed by atoms with Crippen LogP contribution in [0.3, 0.4) is 0 Å². The molecule has 7 atom stereocenters. The van der Waals surface area contributed by atoms with Gasteiger partial charge in [-0.25, -0.2) is 0 Å². The van der Waals surface area contributed by atoms with Crippen molar-refractivity contribution in [1.82, 2.24) is 29.5 Å². The minimum atomic E-state index is -0.676. The molecule has 0 bridgehead atoms. The molecule has 1 aromatic heterocycles. The van der Waals surface area contributed by atoms with Gasteiger partial charge in [-0.3, -0.25) is 28.8 Å². The first kappa shape index (κ1) is 132. The van der Waals surface area contributed by atoms with Crippen LogP contribution < -0.4 is 4.87 Å². The summed E-state index contributed by atoms with van der Waals surface area (Å²) >= 11 is 1.28. The van der Waals surface area contributed by atoms with Crippen LogP contribution in [0, 0.1) is 129 Å². The van der Waals surface area contributed by atoms with Gasteiger partial charge in [-0.2, -0.15) is 0 Å². The van der Waals surface area contributed by atoms with E-state index in [4.69, 9.17) is 4.74 Å². The number of aromatic amines is 1. The Kier molecular flexibility index (Phi) is 53.3. The van der Waals surface area contributed by atoms with Crippen LogP contribution in [0.4, 0.5) is 0 Å². The van der Waals surface area contributed by atoms with E-state index in [9.17, 15) is 39.0 Å². The minimum Gasteiger partial charge on any atom is -0.389 e. The third-order valence-corrected chi connectivity index (χ3v) is 30.3. The molecule has 0 aromatic carbocycles. The monoisotopic (exact) mass is 1950 g/mol. The van der Waals surface area contributed by atoms with Crippen LogP contribution >= 0.6 is 11.3 Å². The molecule has 0 spiro atoms. The molecule has 1 aromatic rings. The summed E-state index contributed by atoms with van der Waals surface area (Å²) in [6.45, 7) is 113. The van der Waals surface area contributed by atoms with Crippen LogP contribution in [0.15, 0.2) is 10.2 Å². The Morgan fingerprint density at radius 1 is 0.350 bits per heavy atom. The number of rotatable bonds is 35. The molecule has 7 rings (SSSR count). The van der Waals surface area contributed by atoms with E-state index < -0.39 is 5.60 Å². The number of amides is 5. The molecular weight excluding hydrogens is 1710 g/mol. The molecule has 7 unspecified atom stereocenters. The fraction of sp³-hybridized carbons (Fsp3) is 0.934. The lowest BCUT2D eigenvalue weighted by molar-refractivity contribution is -0.160. The van der Waals surface area contributed by atoms with E-state index in [1.165, 1.54) is 146 Å². The topological polar surface area (TPSA) is 184 Å². The maximum atomic E-state index is 12.7. The van der Waals surface area contributed by atoms with Gasteiger partial charge in [0.2, 0.25) is 29.5 Å². The highest BCUT2D eigenvalue weighted by molar-refractivity contribution is 7.07. The highest BCUT2D eigenvalue weighted by atomic mass is 32.1. The van der Waals surface area contributed by atoms with E-state index in [0.717, 1.165) is 115 Å². The molecule has 808 valence electrons. The summed E-state index contributed by atoms with van der Waals surface area (Å²) in [5.41, 5.74) is 4.62. The number of β-amino-alcohol motifs (C(OH)–C–C–N with tert-alkyl or cyclic N) is 2. The Morgan fingerprint density at radius 3 is 0.774 bits per heavy atom. The number of aliphatic hydroxyl groups excluding tert-OH is 1. The van der Waals surface area contributed by atoms with Crippen molar-refractivity contribution in [2.75, 3.05) is 78.7 Å². The number of carbonyl (C=O) groups is 5. The van der Waals surface area contributed by atoms with Crippen LogP contribution in [0.25, 0.3) is 0 Å². The number of aromatic nitrogens is 1. The Bertz CT molecular complexity index is 3440. The van der Waals surface area contributed by atoms with E-state index in [2.05, 4.69) is 326 Å². The van der Waals surface area contributed by atoms with Crippen molar-refractivity contribution < 1.29 is 38.9 Å². The largest absolute Gasteiger partial charge is 0.389 e. The zero-order chi connectivity index (χ0) is 107. The van der Waals surface area contributed by atoms with E-state index in [1.54, 1.807) is 6.92 Å². The predicted octanol–water partition coefficient (Wildman–Crippen LogP) is 31.7. The van der Waals surface area contributed by atoms with Crippen molar-refractivity contribution in [1.29, 1.82) is 0 Å². The second kappa shape index (κ2) is 55.4. The van der Waals surface area contributed by atoms with Crippen LogP contribution in [0.5, 0.6) is 0 Å². The molecule has 6 aliphatic heterocycles. The molecule has 3 N–H and O–H groups in total. The molecule has 6 aliphatic rings. The number of nitrogens with zero attached hydrogens (tertiary/aromatic N) is 5. The number of carbonyl (C=O) groups excluding carboxylic acids is 5. The molecule has 137 heavy (non-hydrogen) atoms. The first-order valence-corrected chi connectivity index (χ1v) is 56.6.